The van der Waals surface area contributed by atoms with Gasteiger partial charge in [0.25, 0.3) is 0 Å². The molecule has 0 amide bonds. The van der Waals surface area contributed by atoms with Crippen LogP contribution in [0.15, 0.2) is 65.1 Å². The Labute approximate surface area is 144 Å². The van der Waals surface area contributed by atoms with E-state index in [-0.39, 0.29) is 6.61 Å². The number of para-hydroxylation sites is 1. The van der Waals surface area contributed by atoms with E-state index in [2.05, 4.69) is 6.07 Å². The van der Waals surface area contributed by atoms with Crippen molar-refractivity contribution in [1.29, 1.82) is 5.26 Å². The first-order valence-electron chi connectivity index (χ1n) is 7.93. The third-order valence-electron chi connectivity index (χ3n) is 4.12. The quantitative estimate of drug-likeness (QED) is 0.619. The van der Waals surface area contributed by atoms with Gasteiger partial charge in [-0.05, 0) is 35.9 Å². The number of aromatic nitrogens is 2. The Morgan fingerprint density at radius 3 is 2.56 bits per heavy atom. The first-order chi connectivity index (χ1) is 12.3. The summed E-state index contributed by atoms with van der Waals surface area (Å²) in [5, 5.41) is 23.8. The second-order valence-electron chi connectivity index (χ2n) is 5.76. The van der Waals surface area contributed by atoms with Gasteiger partial charge >= 0.3 is 0 Å². The van der Waals surface area contributed by atoms with E-state index in [9.17, 15) is 5.11 Å². The molecule has 2 aromatic heterocycles. The normalized spacial score (nSPS) is 10.9. The highest BCUT2D eigenvalue weighted by Crippen LogP contribution is 2.29. The Balaban J connectivity index is 1.77. The number of nitriles is 1. The summed E-state index contributed by atoms with van der Waals surface area (Å²) in [5.74, 6) is 1.15. The van der Waals surface area contributed by atoms with Gasteiger partial charge in [0, 0.05) is 5.39 Å². The summed E-state index contributed by atoms with van der Waals surface area (Å²) in [6.45, 7) is 0.462. The van der Waals surface area contributed by atoms with E-state index in [0.717, 1.165) is 22.2 Å². The van der Waals surface area contributed by atoms with Gasteiger partial charge in [-0.25, -0.2) is 0 Å². The lowest BCUT2D eigenvalue weighted by atomic mass is 10.1. The third kappa shape index (κ3) is 2.80. The summed E-state index contributed by atoms with van der Waals surface area (Å²) in [5.41, 5.74) is 3.46. The van der Waals surface area contributed by atoms with Crippen molar-refractivity contribution < 1.29 is 9.52 Å². The molecule has 5 nitrogen and oxygen atoms in total. The lowest BCUT2D eigenvalue weighted by molar-refractivity contribution is 0.248. The SMILES string of the molecule is N#Cc1ccc(Cn2nc(-c3ccc(CO)o3)c3ccccc32)cc1. The van der Waals surface area contributed by atoms with E-state index in [0.29, 0.717) is 23.6 Å². The molecule has 122 valence electrons. The van der Waals surface area contributed by atoms with Crippen LogP contribution in [0.1, 0.15) is 16.9 Å². The van der Waals surface area contributed by atoms with E-state index in [1.165, 1.54) is 0 Å². The predicted molar refractivity (Wildman–Crippen MR) is 93.6 cm³/mol. The number of hydrogen-bond acceptors (Lipinski definition) is 4. The zero-order valence-electron chi connectivity index (χ0n) is 13.4. The van der Waals surface area contributed by atoms with Crippen LogP contribution in [-0.2, 0) is 13.2 Å². The minimum Gasteiger partial charge on any atom is -0.457 e. The zero-order valence-corrected chi connectivity index (χ0v) is 13.4. The van der Waals surface area contributed by atoms with Gasteiger partial charge in [0.1, 0.15) is 18.1 Å². The molecule has 0 bridgehead atoms. The lowest BCUT2D eigenvalue weighted by Crippen LogP contribution is -2.01. The fourth-order valence-corrected chi connectivity index (χ4v) is 2.88. The van der Waals surface area contributed by atoms with Crippen LogP contribution >= 0.6 is 0 Å². The summed E-state index contributed by atoms with van der Waals surface area (Å²) < 4.78 is 7.58. The third-order valence-corrected chi connectivity index (χ3v) is 4.12. The molecule has 0 unspecified atom stereocenters. The second-order valence-corrected chi connectivity index (χ2v) is 5.76. The Morgan fingerprint density at radius 2 is 1.84 bits per heavy atom. The maximum Gasteiger partial charge on any atom is 0.155 e. The molecule has 0 spiro atoms. The standard InChI is InChI=1S/C20H15N3O2/c21-11-14-5-7-15(8-6-14)12-23-18-4-2-1-3-17(18)20(22-23)19-10-9-16(13-24)25-19/h1-10,24H,12-13H2. The number of aliphatic hydroxyl groups is 1. The zero-order chi connectivity index (χ0) is 17.2. The average Bonchev–Trinajstić information content (AvgIpc) is 3.27. The maximum absolute atomic E-state index is 9.21. The second kappa shape index (κ2) is 6.27. The molecular weight excluding hydrogens is 314 g/mol. The number of fused-ring (bicyclic) bond motifs is 1. The van der Waals surface area contributed by atoms with Crippen LogP contribution in [0.25, 0.3) is 22.4 Å². The smallest absolute Gasteiger partial charge is 0.155 e. The van der Waals surface area contributed by atoms with Gasteiger partial charge in [-0.3, -0.25) is 4.68 Å². The Hall–Kier alpha value is -3.36. The minimum atomic E-state index is -0.135. The van der Waals surface area contributed by atoms with E-state index in [4.69, 9.17) is 14.8 Å². The highest BCUT2D eigenvalue weighted by molar-refractivity contribution is 5.92. The van der Waals surface area contributed by atoms with Crippen molar-refractivity contribution in [3.63, 3.8) is 0 Å². The van der Waals surface area contributed by atoms with E-state index < -0.39 is 0 Å². The molecule has 0 aliphatic heterocycles. The van der Waals surface area contributed by atoms with Gasteiger partial charge in [-0.2, -0.15) is 10.4 Å². The fraction of sp³-hybridized carbons (Fsp3) is 0.100. The van der Waals surface area contributed by atoms with Crippen LogP contribution in [-0.4, -0.2) is 14.9 Å². The Kier molecular flexibility index (Phi) is 3.81. The summed E-state index contributed by atoms with van der Waals surface area (Å²) in [6, 6.07) is 21.2. The molecule has 4 rings (SSSR count). The molecule has 0 radical (unpaired) electrons. The van der Waals surface area contributed by atoms with Crippen molar-refractivity contribution in [2.45, 2.75) is 13.2 Å². The number of nitrogens with zero attached hydrogens (tertiary/aromatic N) is 3. The molecule has 0 saturated carbocycles. The molecule has 0 atom stereocenters. The number of rotatable bonds is 4. The molecule has 4 aromatic rings. The van der Waals surface area contributed by atoms with Gasteiger partial charge < -0.3 is 9.52 Å². The monoisotopic (exact) mass is 329 g/mol. The van der Waals surface area contributed by atoms with Crippen LogP contribution in [0.2, 0.25) is 0 Å². The lowest BCUT2D eigenvalue weighted by Gasteiger charge is -2.03. The van der Waals surface area contributed by atoms with E-state index >= 15 is 0 Å². The van der Waals surface area contributed by atoms with Crippen molar-refractivity contribution >= 4 is 10.9 Å². The first kappa shape index (κ1) is 15.2. The van der Waals surface area contributed by atoms with Gasteiger partial charge in [0.15, 0.2) is 5.76 Å². The van der Waals surface area contributed by atoms with Crippen molar-refractivity contribution in [1.82, 2.24) is 9.78 Å². The number of benzene rings is 2. The number of furan rings is 1. The number of hydrogen-bond donors (Lipinski definition) is 1. The van der Waals surface area contributed by atoms with Crippen LogP contribution in [0.5, 0.6) is 0 Å². The Morgan fingerprint density at radius 1 is 1.04 bits per heavy atom. The van der Waals surface area contributed by atoms with E-state index in [1.807, 2.05) is 59.3 Å². The maximum atomic E-state index is 9.21. The summed E-state index contributed by atoms with van der Waals surface area (Å²) in [6.07, 6.45) is 0. The molecule has 1 N–H and O–H groups in total. The van der Waals surface area contributed by atoms with Crippen LogP contribution in [0, 0.1) is 11.3 Å². The summed E-state index contributed by atoms with van der Waals surface area (Å²) in [4.78, 5) is 0. The fourth-order valence-electron chi connectivity index (χ4n) is 2.88. The van der Waals surface area contributed by atoms with Crippen molar-refractivity contribution in [3.8, 4) is 17.5 Å². The number of aliphatic hydroxyl groups excluding tert-OH is 1. The van der Waals surface area contributed by atoms with Crippen molar-refractivity contribution in [2.24, 2.45) is 0 Å². The van der Waals surface area contributed by atoms with E-state index in [1.54, 1.807) is 6.07 Å². The van der Waals surface area contributed by atoms with Crippen molar-refractivity contribution in [2.75, 3.05) is 0 Å². The predicted octanol–water partition coefficient (Wildman–Crippen LogP) is 3.71. The van der Waals surface area contributed by atoms with Crippen molar-refractivity contribution in [3.05, 3.63) is 77.6 Å². The molecule has 5 heteroatoms. The molecule has 2 heterocycles. The van der Waals surface area contributed by atoms with Crippen LogP contribution in [0.3, 0.4) is 0 Å². The molecule has 0 saturated heterocycles. The summed E-state index contributed by atoms with van der Waals surface area (Å²) >= 11 is 0. The first-order valence-corrected chi connectivity index (χ1v) is 7.93. The average molecular weight is 329 g/mol. The molecule has 0 aliphatic carbocycles. The van der Waals surface area contributed by atoms with Gasteiger partial charge in [-0.15, -0.1) is 0 Å². The van der Waals surface area contributed by atoms with Crippen LogP contribution in [0.4, 0.5) is 0 Å². The molecule has 25 heavy (non-hydrogen) atoms. The van der Waals surface area contributed by atoms with Crippen LogP contribution < -0.4 is 0 Å². The van der Waals surface area contributed by atoms with Gasteiger partial charge in [0.2, 0.25) is 0 Å². The minimum absolute atomic E-state index is 0.135. The molecule has 2 aromatic carbocycles. The molecular formula is C20H15N3O2. The topological polar surface area (TPSA) is 75.0 Å². The summed E-state index contributed by atoms with van der Waals surface area (Å²) in [7, 11) is 0. The highest BCUT2D eigenvalue weighted by atomic mass is 16.4. The van der Waals surface area contributed by atoms with Gasteiger partial charge in [0.05, 0.1) is 23.7 Å². The Bertz CT molecular complexity index is 1070. The largest absolute Gasteiger partial charge is 0.457 e. The molecule has 0 fully saturated rings. The highest BCUT2D eigenvalue weighted by Gasteiger charge is 2.15. The van der Waals surface area contributed by atoms with Gasteiger partial charge in [-0.1, -0.05) is 30.3 Å². The molecule has 0 aliphatic rings.